The zero-order valence-electron chi connectivity index (χ0n) is 10.6. The molecular formula is C15H12N2O2S. The van der Waals surface area contributed by atoms with E-state index >= 15 is 0 Å². The number of rotatable bonds is 4. The largest absolute Gasteiger partial charge is 0.478 e. The van der Waals surface area contributed by atoms with Crippen LogP contribution >= 0.6 is 11.3 Å². The van der Waals surface area contributed by atoms with E-state index in [1.165, 1.54) is 11.3 Å². The predicted octanol–water partition coefficient (Wildman–Crippen LogP) is 3.36. The van der Waals surface area contributed by atoms with E-state index in [1.807, 2.05) is 47.8 Å². The Balaban J connectivity index is 1.98. The SMILES string of the molecule is O=C(O)c1cn(Cc2ccccc2)nc1-c1cccs1. The number of aromatic carboxylic acids is 1. The second-order valence-corrected chi connectivity index (χ2v) is 5.30. The van der Waals surface area contributed by atoms with Crippen LogP contribution in [0.1, 0.15) is 15.9 Å². The van der Waals surface area contributed by atoms with E-state index in [-0.39, 0.29) is 5.56 Å². The number of carbonyl (C=O) groups is 1. The average Bonchev–Trinajstić information content (AvgIpc) is 3.08. The third kappa shape index (κ3) is 2.48. The van der Waals surface area contributed by atoms with Crippen LogP contribution in [-0.4, -0.2) is 20.9 Å². The molecule has 3 aromatic rings. The van der Waals surface area contributed by atoms with Gasteiger partial charge in [-0.15, -0.1) is 11.3 Å². The molecule has 0 aliphatic rings. The van der Waals surface area contributed by atoms with Gasteiger partial charge in [0.15, 0.2) is 0 Å². The van der Waals surface area contributed by atoms with E-state index < -0.39 is 5.97 Å². The maximum Gasteiger partial charge on any atom is 0.339 e. The average molecular weight is 284 g/mol. The molecular weight excluding hydrogens is 272 g/mol. The third-order valence-electron chi connectivity index (χ3n) is 2.93. The first kappa shape index (κ1) is 12.6. The van der Waals surface area contributed by atoms with Crippen molar-refractivity contribution in [2.45, 2.75) is 6.54 Å². The van der Waals surface area contributed by atoms with Crippen molar-refractivity contribution in [3.05, 3.63) is 65.2 Å². The summed E-state index contributed by atoms with van der Waals surface area (Å²) in [6, 6.07) is 13.6. The Hall–Kier alpha value is -2.40. The number of carboxylic acid groups (broad SMARTS) is 1. The summed E-state index contributed by atoms with van der Waals surface area (Å²) in [4.78, 5) is 12.2. The Morgan fingerprint density at radius 3 is 2.65 bits per heavy atom. The van der Waals surface area contributed by atoms with Crippen LogP contribution in [0.4, 0.5) is 0 Å². The number of hydrogen-bond acceptors (Lipinski definition) is 3. The number of carboxylic acids is 1. The fourth-order valence-corrected chi connectivity index (χ4v) is 2.75. The highest BCUT2D eigenvalue weighted by Gasteiger charge is 2.17. The van der Waals surface area contributed by atoms with E-state index in [2.05, 4.69) is 5.10 Å². The highest BCUT2D eigenvalue weighted by atomic mass is 32.1. The topological polar surface area (TPSA) is 55.1 Å². The van der Waals surface area contributed by atoms with Crippen LogP contribution in [0.2, 0.25) is 0 Å². The molecule has 0 atom stereocenters. The second kappa shape index (κ2) is 5.30. The van der Waals surface area contributed by atoms with Gasteiger partial charge < -0.3 is 5.11 Å². The van der Waals surface area contributed by atoms with Gasteiger partial charge in [0.25, 0.3) is 0 Å². The minimum absolute atomic E-state index is 0.239. The molecule has 2 heterocycles. The first-order valence-corrected chi connectivity index (χ1v) is 7.00. The molecule has 100 valence electrons. The monoisotopic (exact) mass is 284 g/mol. The molecule has 3 rings (SSSR count). The van der Waals surface area contributed by atoms with Crippen LogP contribution in [0.3, 0.4) is 0 Å². The number of benzene rings is 1. The predicted molar refractivity (Wildman–Crippen MR) is 78.0 cm³/mol. The Labute approximate surface area is 119 Å². The van der Waals surface area contributed by atoms with Gasteiger partial charge in [-0.1, -0.05) is 36.4 Å². The van der Waals surface area contributed by atoms with Crippen LogP contribution in [-0.2, 0) is 6.54 Å². The molecule has 4 nitrogen and oxygen atoms in total. The molecule has 0 saturated carbocycles. The highest BCUT2D eigenvalue weighted by Crippen LogP contribution is 2.26. The Bertz CT molecular complexity index is 718. The van der Waals surface area contributed by atoms with Crippen LogP contribution in [0, 0.1) is 0 Å². The van der Waals surface area contributed by atoms with Crippen molar-refractivity contribution in [1.82, 2.24) is 9.78 Å². The second-order valence-electron chi connectivity index (χ2n) is 4.36. The smallest absolute Gasteiger partial charge is 0.339 e. The normalized spacial score (nSPS) is 10.6. The first-order valence-electron chi connectivity index (χ1n) is 6.12. The van der Waals surface area contributed by atoms with Crippen molar-refractivity contribution >= 4 is 17.3 Å². The van der Waals surface area contributed by atoms with E-state index in [4.69, 9.17) is 0 Å². The van der Waals surface area contributed by atoms with Crippen LogP contribution in [0.5, 0.6) is 0 Å². The van der Waals surface area contributed by atoms with Gasteiger partial charge in [0, 0.05) is 6.20 Å². The highest BCUT2D eigenvalue weighted by molar-refractivity contribution is 7.13. The number of aromatic nitrogens is 2. The first-order chi connectivity index (χ1) is 9.74. The lowest BCUT2D eigenvalue weighted by Gasteiger charge is -2.00. The molecule has 5 heteroatoms. The molecule has 0 amide bonds. The van der Waals surface area contributed by atoms with Crippen molar-refractivity contribution in [1.29, 1.82) is 0 Å². The molecule has 1 N–H and O–H groups in total. The zero-order chi connectivity index (χ0) is 13.9. The Kier molecular flexibility index (Phi) is 3.35. The molecule has 0 fully saturated rings. The summed E-state index contributed by atoms with van der Waals surface area (Å²) in [7, 11) is 0. The summed E-state index contributed by atoms with van der Waals surface area (Å²) >= 11 is 1.49. The van der Waals surface area contributed by atoms with Crippen molar-refractivity contribution in [2.75, 3.05) is 0 Å². The molecule has 0 spiro atoms. The zero-order valence-corrected chi connectivity index (χ0v) is 11.4. The lowest BCUT2D eigenvalue weighted by atomic mass is 10.2. The van der Waals surface area contributed by atoms with Gasteiger partial charge >= 0.3 is 5.97 Å². The van der Waals surface area contributed by atoms with Gasteiger partial charge in [-0.2, -0.15) is 5.10 Å². The van der Waals surface area contributed by atoms with E-state index in [9.17, 15) is 9.90 Å². The molecule has 0 radical (unpaired) electrons. The standard InChI is InChI=1S/C15H12N2O2S/c18-15(19)12-10-17(9-11-5-2-1-3-6-11)16-14(12)13-7-4-8-20-13/h1-8,10H,9H2,(H,18,19). The minimum Gasteiger partial charge on any atom is -0.478 e. The maximum atomic E-state index is 11.3. The molecule has 0 aliphatic carbocycles. The van der Waals surface area contributed by atoms with Crippen molar-refractivity contribution in [3.8, 4) is 10.6 Å². The number of nitrogens with zero attached hydrogens (tertiary/aromatic N) is 2. The van der Waals surface area contributed by atoms with Gasteiger partial charge in [-0.25, -0.2) is 4.79 Å². The van der Waals surface area contributed by atoms with E-state index in [1.54, 1.807) is 10.9 Å². The van der Waals surface area contributed by atoms with Crippen LogP contribution in [0.15, 0.2) is 54.0 Å². The summed E-state index contributed by atoms with van der Waals surface area (Å²) in [6.45, 7) is 0.562. The minimum atomic E-state index is -0.951. The number of thiophene rings is 1. The summed E-state index contributed by atoms with van der Waals surface area (Å²) in [5, 5.41) is 15.6. The summed E-state index contributed by atoms with van der Waals surface area (Å²) in [5.41, 5.74) is 1.86. The van der Waals surface area contributed by atoms with Gasteiger partial charge in [0.2, 0.25) is 0 Å². The fourth-order valence-electron chi connectivity index (χ4n) is 2.02. The van der Waals surface area contributed by atoms with Crippen molar-refractivity contribution in [3.63, 3.8) is 0 Å². The Morgan fingerprint density at radius 1 is 1.20 bits per heavy atom. The summed E-state index contributed by atoms with van der Waals surface area (Å²) in [5.74, 6) is -0.951. The fraction of sp³-hybridized carbons (Fsp3) is 0.0667. The van der Waals surface area contributed by atoms with Crippen molar-refractivity contribution < 1.29 is 9.90 Å². The third-order valence-corrected chi connectivity index (χ3v) is 3.81. The molecule has 0 unspecified atom stereocenters. The lowest BCUT2D eigenvalue weighted by Crippen LogP contribution is -2.00. The maximum absolute atomic E-state index is 11.3. The molecule has 2 aromatic heterocycles. The van der Waals surface area contributed by atoms with Crippen LogP contribution in [0.25, 0.3) is 10.6 Å². The molecule has 0 saturated heterocycles. The van der Waals surface area contributed by atoms with Gasteiger partial charge in [0.05, 0.1) is 11.4 Å². The van der Waals surface area contributed by atoms with E-state index in [0.29, 0.717) is 12.2 Å². The summed E-state index contributed by atoms with van der Waals surface area (Å²) < 4.78 is 1.67. The van der Waals surface area contributed by atoms with Crippen molar-refractivity contribution in [2.24, 2.45) is 0 Å². The molecule has 20 heavy (non-hydrogen) atoms. The Morgan fingerprint density at radius 2 is 2.00 bits per heavy atom. The molecule has 0 bridgehead atoms. The summed E-state index contributed by atoms with van der Waals surface area (Å²) in [6.07, 6.45) is 1.59. The van der Waals surface area contributed by atoms with E-state index in [0.717, 1.165) is 10.4 Å². The van der Waals surface area contributed by atoms with Gasteiger partial charge in [0.1, 0.15) is 11.3 Å². The molecule has 0 aliphatic heterocycles. The number of hydrogen-bond donors (Lipinski definition) is 1. The quantitative estimate of drug-likeness (QED) is 0.799. The van der Waals surface area contributed by atoms with Crippen LogP contribution < -0.4 is 0 Å². The lowest BCUT2D eigenvalue weighted by molar-refractivity contribution is 0.0697. The molecule has 1 aromatic carbocycles. The van der Waals surface area contributed by atoms with Gasteiger partial charge in [-0.05, 0) is 17.0 Å². The van der Waals surface area contributed by atoms with Gasteiger partial charge in [-0.3, -0.25) is 4.68 Å².